The number of hydrazine groups is 1. The molecule has 0 spiro atoms. The van der Waals surface area contributed by atoms with E-state index in [0.29, 0.717) is 21.9 Å². The highest BCUT2D eigenvalue weighted by molar-refractivity contribution is 6.35. The van der Waals surface area contributed by atoms with Crippen molar-refractivity contribution in [2.24, 2.45) is 10.8 Å². The molecule has 0 radical (unpaired) electrons. The van der Waals surface area contributed by atoms with E-state index in [0.717, 1.165) is 18.4 Å². The van der Waals surface area contributed by atoms with Gasteiger partial charge in [-0.05, 0) is 31.0 Å². The Labute approximate surface area is 124 Å². The van der Waals surface area contributed by atoms with Crippen LogP contribution in [0.4, 0.5) is 0 Å². The van der Waals surface area contributed by atoms with E-state index in [-0.39, 0.29) is 0 Å². The van der Waals surface area contributed by atoms with Crippen LogP contribution in [0.1, 0.15) is 44.1 Å². The molecule has 1 aromatic rings. The summed E-state index contributed by atoms with van der Waals surface area (Å²) in [6.45, 7) is 0. The molecule has 1 aliphatic rings. The van der Waals surface area contributed by atoms with E-state index >= 15 is 0 Å². The number of amidine groups is 1. The van der Waals surface area contributed by atoms with Gasteiger partial charge >= 0.3 is 0 Å². The van der Waals surface area contributed by atoms with Crippen molar-refractivity contribution >= 4 is 29.0 Å². The molecule has 0 atom stereocenters. The number of halogens is 2. The van der Waals surface area contributed by atoms with Crippen molar-refractivity contribution < 1.29 is 0 Å². The molecule has 0 amide bonds. The molecule has 3 N–H and O–H groups in total. The molecule has 1 aliphatic carbocycles. The summed E-state index contributed by atoms with van der Waals surface area (Å²) < 4.78 is 0. The van der Waals surface area contributed by atoms with Crippen LogP contribution >= 0.6 is 23.2 Å². The Morgan fingerprint density at radius 2 is 1.63 bits per heavy atom. The second kappa shape index (κ2) is 7.13. The summed E-state index contributed by atoms with van der Waals surface area (Å²) in [4.78, 5) is 4.73. The van der Waals surface area contributed by atoms with Gasteiger partial charge in [-0.1, -0.05) is 48.9 Å². The summed E-state index contributed by atoms with van der Waals surface area (Å²) in [5, 5.41) is 1.18. The average molecular weight is 300 g/mol. The lowest BCUT2D eigenvalue weighted by Crippen LogP contribution is -2.32. The SMILES string of the molecule is NNC(=NC1CCCCCC1)c1cc(Cl)cc(Cl)c1. The topological polar surface area (TPSA) is 50.4 Å². The summed E-state index contributed by atoms with van der Waals surface area (Å²) in [6, 6.07) is 5.68. The van der Waals surface area contributed by atoms with Crippen molar-refractivity contribution in [1.29, 1.82) is 0 Å². The third kappa shape index (κ3) is 4.37. The number of rotatable bonds is 2. The Hall–Kier alpha value is -0.770. The molecule has 3 nitrogen and oxygen atoms in total. The minimum absolute atomic E-state index is 0.339. The van der Waals surface area contributed by atoms with Gasteiger partial charge in [-0.25, -0.2) is 5.84 Å². The fraction of sp³-hybridized carbons (Fsp3) is 0.500. The van der Waals surface area contributed by atoms with Crippen molar-refractivity contribution in [1.82, 2.24) is 5.43 Å². The summed E-state index contributed by atoms with van der Waals surface area (Å²) in [7, 11) is 0. The normalized spacial score (nSPS) is 18.2. The predicted molar refractivity (Wildman–Crippen MR) is 81.8 cm³/mol. The van der Waals surface area contributed by atoms with E-state index in [1.54, 1.807) is 6.07 Å². The van der Waals surface area contributed by atoms with Gasteiger partial charge in [0.1, 0.15) is 5.84 Å². The standard InChI is InChI=1S/C14H19Cl2N3/c15-11-7-10(8-12(16)9-11)14(19-17)18-13-5-3-1-2-4-6-13/h7-9,13H,1-6,17H2,(H,18,19). The second-order valence-corrected chi connectivity index (χ2v) is 5.80. The van der Waals surface area contributed by atoms with Gasteiger partial charge in [-0.15, -0.1) is 0 Å². The van der Waals surface area contributed by atoms with Crippen molar-refractivity contribution in [2.75, 3.05) is 0 Å². The van der Waals surface area contributed by atoms with Crippen LogP contribution in [0.2, 0.25) is 10.0 Å². The van der Waals surface area contributed by atoms with Gasteiger partial charge in [0.25, 0.3) is 0 Å². The number of benzene rings is 1. The van der Waals surface area contributed by atoms with E-state index < -0.39 is 0 Å². The Kier molecular flexibility index (Phi) is 5.49. The van der Waals surface area contributed by atoms with E-state index in [4.69, 9.17) is 34.0 Å². The maximum Gasteiger partial charge on any atom is 0.142 e. The molecule has 1 saturated carbocycles. The van der Waals surface area contributed by atoms with Crippen LogP contribution in [-0.4, -0.2) is 11.9 Å². The number of hydrogen-bond acceptors (Lipinski definition) is 2. The number of nitrogens with one attached hydrogen (secondary N) is 1. The van der Waals surface area contributed by atoms with Gasteiger partial charge in [-0.3, -0.25) is 4.99 Å². The molecule has 0 aliphatic heterocycles. The predicted octanol–water partition coefficient (Wildman–Crippen LogP) is 3.93. The minimum Gasteiger partial charge on any atom is -0.308 e. The Morgan fingerprint density at radius 1 is 1.05 bits per heavy atom. The van der Waals surface area contributed by atoms with Gasteiger partial charge in [0.05, 0.1) is 6.04 Å². The third-order valence-electron chi connectivity index (χ3n) is 3.41. The fourth-order valence-corrected chi connectivity index (χ4v) is 2.98. The number of nitrogens with zero attached hydrogens (tertiary/aromatic N) is 1. The molecule has 5 heteroatoms. The van der Waals surface area contributed by atoms with E-state index in [1.165, 1.54) is 25.7 Å². The zero-order valence-electron chi connectivity index (χ0n) is 10.8. The molecule has 19 heavy (non-hydrogen) atoms. The minimum atomic E-state index is 0.339. The largest absolute Gasteiger partial charge is 0.308 e. The van der Waals surface area contributed by atoms with Crippen LogP contribution in [0.5, 0.6) is 0 Å². The molecule has 2 rings (SSSR count). The smallest absolute Gasteiger partial charge is 0.142 e. The van der Waals surface area contributed by atoms with Crippen molar-refractivity contribution in [2.45, 2.75) is 44.6 Å². The van der Waals surface area contributed by atoms with Gasteiger partial charge in [0, 0.05) is 15.6 Å². The highest BCUT2D eigenvalue weighted by Gasteiger charge is 2.13. The molecule has 0 aromatic heterocycles. The first-order chi connectivity index (χ1) is 9.19. The molecule has 0 unspecified atom stereocenters. The van der Waals surface area contributed by atoms with Crippen LogP contribution < -0.4 is 11.3 Å². The highest BCUT2D eigenvalue weighted by Crippen LogP contribution is 2.22. The average Bonchev–Trinajstić information content (AvgIpc) is 2.63. The molecule has 1 aromatic carbocycles. The van der Waals surface area contributed by atoms with Crippen LogP contribution in [0.3, 0.4) is 0 Å². The second-order valence-electron chi connectivity index (χ2n) is 4.93. The molecular formula is C14H19Cl2N3. The van der Waals surface area contributed by atoms with Crippen LogP contribution in [-0.2, 0) is 0 Å². The number of aliphatic imine (C=N–C) groups is 1. The molecule has 0 bridgehead atoms. The molecule has 1 fully saturated rings. The van der Waals surface area contributed by atoms with Gasteiger partial charge in [0.2, 0.25) is 0 Å². The lowest BCUT2D eigenvalue weighted by atomic mass is 10.1. The lowest BCUT2D eigenvalue weighted by Gasteiger charge is -2.13. The first-order valence-electron chi connectivity index (χ1n) is 6.70. The maximum absolute atomic E-state index is 6.01. The van der Waals surface area contributed by atoms with Crippen LogP contribution in [0, 0.1) is 0 Å². The van der Waals surface area contributed by atoms with Crippen molar-refractivity contribution in [3.63, 3.8) is 0 Å². The van der Waals surface area contributed by atoms with Gasteiger partial charge in [-0.2, -0.15) is 0 Å². The first-order valence-corrected chi connectivity index (χ1v) is 7.45. The summed E-state index contributed by atoms with van der Waals surface area (Å²) in [5.74, 6) is 6.26. The number of nitrogens with two attached hydrogens (primary N) is 1. The Balaban J connectivity index is 2.22. The Morgan fingerprint density at radius 3 is 2.16 bits per heavy atom. The summed E-state index contributed by atoms with van der Waals surface area (Å²) >= 11 is 12.0. The van der Waals surface area contributed by atoms with E-state index in [2.05, 4.69) is 5.43 Å². The van der Waals surface area contributed by atoms with Gasteiger partial charge in [0.15, 0.2) is 0 Å². The van der Waals surface area contributed by atoms with Crippen LogP contribution in [0.25, 0.3) is 0 Å². The summed E-state index contributed by atoms with van der Waals surface area (Å²) in [6.07, 6.45) is 7.34. The molecule has 104 valence electrons. The molecule has 0 saturated heterocycles. The van der Waals surface area contributed by atoms with Crippen molar-refractivity contribution in [3.8, 4) is 0 Å². The lowest BCUT2D eigenvalue weighted by molar-refractivity contribution is 0.583. The third-order valence-corrected chi connectivity index (χ3v) is 3.85. The van der Waals surface area contributed by atoms with Gasteiger partial charge < -0.3 is 5.43 Å². The van der Waals surface area contributed by atoms with Crippen molar-refractivity contribution in [3.05, 3.63) is 33.8 Å². The number of hydrogen-bond donors (Lipinski definition) is 2. The van der Waals surface area contributed by atoms with E-state index in [9.17, 15) is 0 Å². The monoisotopic (exact) mass is 299 g/mol. The summed E-state index contributed by atoms with van der Waals surface area (Å²) in [5.41, 5.74) is 3.51. The Bertz CT molecular complexity index is 432. The van der Waals surface area contributed by atoms with E-state index in [1.807, 2.05) is 12.1 Å². The zero-order valence-corrected chi connectivity index (χ0v) is 12.3. The molecular weight excluding hydrogens is 281 g/mol. The maximum atomic E-state index is 6.01. The zero-order chi connectivity index (χ0) is 13.7. The molecule has 0 heterocycles. The fourth-order valence-electron chi connectivity index (χ4n) is 2.46. The van der Waals surface area contributed by atoms with Crippen LogP contribution in [0.15, 0.2) is 23.2 Å². The first kappa shape index (κ1) is 14.6. The highest BCUT2D eigenvalue weighted by atomic mass is 35.5. The quantitative estimate of drug-likeness (QED) is 0.286.